The van der Waals surface area contributed by atoms with Gasteiger partial charge in [-0.1, -0.05) is 17.7 Å². The number of rotatable bonds is 3. The van der Waals surface area contributed by atoms with E-state index in [1.165, 1.54) is 0 Å². The molecule has 1 heterocycles. The van der Waals surface area contributed by atoms with Crippen LogP contribution in [0.25, 0.3) is 0 Å². The maximum atomic E-state index is 11.4. The lowest BCUT2D eigenvalue weighted by molar-refractivity contribution is 0.225. The molecule has 100 valence electrons. The van der Waals surface area contributed by atoms with E-state index < -0.39 is 9.84 Å². The van der Waals surface area contributed by atoms with E-state index in [2.05, 4.69) is 0 Å². The summed E-state index contributed by atoms with van der Waals surface area (Å²) in [6.07, 6.45) is 0.324. The summed E-state index contributed by atoms with van der Waals surface area (Å²) >= 11 is 0. The second-order valence-electron chi connectivity index (χ2n) is 4.97. The van der Waals surface area contributed by atoms with Crippen molar-refractivity contribution in [2.24, 2.45) is 5.73 Å². The molecular weight excluding hydrogens is 250 g/mol. The van der Waals surface area contributed by atoms with E-state index in [9.17, 15) is 8.42 Å². The molecule has 2 atom stereocenters. The highest BCUT2D eigenvalue weighted by atomic mass is 32.2. The molecule has 1 saturated heterocycles. The maximum absolute atomic E-state index is 11.4. The number of aryl methyl sites for hydroxylation is 1. The maximum Gasteiger partial charge on any atom is 0.154 e. The van der Waals surface area contributed by atoms with Crippen LogP contribution in [0.1, 0.15) is 30.5 Å². The smallest absolute Gasteiger partial charge is 0.154 e. The van der Waals surface area contributed by atoms with Gasteiger partial charge in [0.05, 0.1) is 11.5 Å². The largest absolute Gasteiger partial charge is 0.489 e. The average Bonchev–Trinajstić information content (AvgIpc) is 2.60. The fraction of sp³-hybridized carbons (Fsp3) is 0.538. The number of hydrogen-bond donors (Lipinski definition) is 1. The fourth-order valence-electron chi connectivity index (χ4n) is 2.16. The Morgan fingerprint density at radius 1 is 1.44 bits per heavy atom. The summed E-state index contributed by atoms with van der Waals surface area (Å²) in [6, 6.07) is 5.69. The quantitative estimate of drug-likeness (QED) is 0.904. The molecule has 1 fully saturated rings. The number of sulfone groups is 1. The van der Waals surface area contributed by atoms with E-state index in [0.717, 1.165) is 11.1 Å². The van der Waals surface area contributed by atoms with Gasteiger partial charge in [0, 0.05) is 11.6 Å². The van der Waals surface area contributed by atoms with Crippen LogP contribution in [0.4, 0.5) is 0 Å². The summed E-state index contributed by atoms with van der Waals surface area (Å²) in [5.41, 5.74) is 7.96. The van der Waals surface area contributed by atoms with Gasteiger partial charge in [0.1, 0.15) is 11.9 Å². The first kappa shape index (κ1) is 13.4. The second-order valence-corrected chi connectivity index (χ2v) is 7.20. The number of benzene rings is 1. The molecule has 5 heteroatoms. The van der Waals surface area contributed by atoms with Crippen molar-refractivity contribution in [2.45, 2.75) is 32.4 Å². The molecular formula is C13H19NO3S. The van der Waals surface area contributed by atoms with Crippen molar-refractivity contribution in [1.82, 2.24) is 0 Å². The minimum absolute atomic E-state index is 0.110. The molecule has 2 rings (SSSR count). The molecule has 0 saturated carbocycles. The Labute approximate surface area is 108 Å². The van der Waals surface area contributed by atoms with Crippen LogP contribution < -0.4 is 10.5 Å². The van der Waals surface area contributed by atoms with Gasteiger partial charge >= 0.3 is 0 Å². The topological polar surface area (TPSA) is 69.4 Å². The van der Waals surface area contributed by atoms with Gasteiger partial charge in [-0.05, 0) is 26.3 Å². The van der Waals surface area contributed by atoms with Crippen molar-refractivity contribution in [2.75, 3.05) is 11.5 Å². The number of hydrogen-bond acceptors (Lipinski definition) is 4. The predicted molar refractivity (Wildman–Crippen MR) is 71.5 cm³/mol. The van der Waals surface area contributed by atoms with Crippen LogP contribution in [-0.2, 0) is 9.84 Å². The van der Waals surface area contributed by atoms with Crippen LogP contribution in [-0.4, -0.2) is 26.0 Å². The lowest BCUT2D eigenvalue weighted by Gasteiger charge is -2.18. The first-order valence-electron chi connectivity index (χ1n) is 6.10. The number of ether oxygens (including phenoxy) is 1. The molecule has 1 unspecified atom stereocenters. The highest BCUT2D eigenvalue weighted by Gasteiger charge is 2.30. The van der Waals surface area contributed by atoms with Gasteiger partial charge in [0.2, 0.25) is 0 Å². The van der Waals surface area contributed by atoms with Gasteiger partial charge in [0.25, 0.3) is 0 Å². The normalized spacial score (nSPS) is 23.8. The summed E-state index contributed by atoms with van der Waals surface area (Å²) in [5, 5.41) is 0. The molecule has 0 spiro atoms. The predicted octanol–water partition coefficient (Wildman–Crippen LogP) is 1.58. The highest BCUT2D eigenvalue weighted by molar-refractivity contribution is 7.91. The van der Waals surface area contributed by atoms with E-state index in [-0.39, 0.29) is 23.7 Å². The minimum Gasteiger partial charge on any atom is -0.489 e. The van der Waals surface area contributed by atoms with Crippen LogP contribution in [0.15, 0.2) is 18.2 Å². The molecule has 4 nitrogen and oxygen atoms in total. The van der Waals surface area contributed by atoms with Gasteiger partial charge in [-0.2, -0.15) is 0 Å². The lowest BCUT2D eigenvalue weighted by atomic mass is 10.0. The second kappa shape index (κ2) is 4.90. The third-order valence-corrected chi connectivity index (χ3v) is 4.88. The average molecular weight is 269 g/mol. The third kappa shape index (κ3) is 3.03. The molecule has 0 aliphatic carbocycles. The molecule has 2 N–H and O–H groups in total. The Morgan fingerprint density at radius 3 is 2.72 bits per heavy atom. The standard InChI is InChI=1S/C13H19NO3S/c1-9-3-4-13(12(7-9)10(2)14)17-11-5-6-18(15,16)8-11/h3-4,7,10-11H,5-6,8,14H2,1-2H3/t10-,11?/m0/s1. The third-order valence-electron chi connectivity index (χ3n) is 3.14. The van der Waals surface area contributed by atoms with Crippen LogP contribution in [0, 0.1) is 6.92 Å². The van der Waals surface area contributed by atoms with E-state index in [0.29, 0.717) is 12.2 Å². The zero-order chi connectivity index (χ0) is 13.3. The molecule has 0 radical (unpaired) electrons. The van der Waals surface area contributed by atoms with Crippen molar-refractivity contribution in [3.63, 3.8) is 0 Å². The molecule has 0 bridgehead atoms. The molecule has 0 aromatic heterocycles. The van der Waals surface area contributed by atoms with E-state index in [1.54, 1.807) is 0 Å². The molecule has 1 aromatic rings. The first-order valence-corrected chi connectivity index (χ1v) is 7.93. The van der Waals surface area contributed by atoms with Gasteiger partial charge in [0.15, 0.2) is 9.84 Å². The zero-order valence-electron chi connectivity index (χ0n) is 10.7. The Hall–Kier alpha value is -1.07. The van der Waals surface area contributed by atoms with Crippen molar-refractivity contribution >= 4 is 9.84 Å². The molecule has 1 aliphatic rings. The van der Waals surface area contributed by atoms with E-state index in [1.807, 2.05) is 32.0 Å². The van der Waals surface area contributed by atoms with Gasteiger partial charge < -0.3 is 10.5 Å². The summed E-state index contributed by atoms with van der Waals surface area (Å²) in [5.74, 6) is 1.04. The fourth-order valence-corrected chi connectivity index (χ4v) is 3.75. The highest BCUT2D eigenvalue weighted by Crippen LogP contribution is 2.28. The lowest BCUT2D eigenvalue weighted by Crippen LogP contribution is -2.19. The van der Waals surface area contributed by atoms with Crippen molar-refractivity contribution in [3.05, 3.63) is 29.3 Å². The van der Waals surface area contributed by atoms with E-state index in [4.69, 9.17) is 10.5 Å². The van der Waals surface area contributed by atoms with Crippen molar-refractivity contribution in [3.8, 4) is 5.75 Å². The molecule has 18 heavy (non-hydrogen) atoms. The van der Waals surface area contributed by atoms with Gasteiger partial charge in [-0.15, -0.1) is 0 Å². The molecule has 1 aliphatic heterocycles. The number of nitrogens with two attached hydrogens (primary N) is 1. The Morgan fingerprint density at radius 2 is 2.17 bits per heavy atom. The van der Waals surface area contributed by atoms with Crippen LogP contribution in [0.2, 0.25) is 0 Å². The molecule has 0 amide bonds. The first-order chi connectivity index (χ1) is 8.37. The van der Waals surface area contributed by atoms with Crippen molar-refractivity contribution < 1.29 is 13.2 Å². The van der Waals surface area contributed by atoms with Gasteiger partial charge in [-0.25, -0.2) is 8.42 Å². The van der Waals surface area contributed by atoms with E-state index >= 15 is 0 Å². The SMILES string of the molecule is Cc1ccc(OC2CCS(=O)(=O)C2)c([C@H](C)N)c1. The van der Waals surface area contributed by atoms with Crippen LogP contribution in [0.3, 0.4) is 0 Å². The van der Waals surface area contributed by atoms with Crippen LogP contribution in [0.5, 0.6) is 5.75 Å². The summed E-state index contributed by atoms with van der Waals surface area (Å²) in [6.45, 7) is 3.89. The summed E-state index contributed by atoms with van der Waals surface area (Å²) in [4.78, 5) is 0. The molecule has 1 aromatic carbocycles. The van der Waals surface area contributed by atoms with Gasteiger partial charge in [-0.3, -0.25) is 0 Å². The van der Waals surface area contributed by atoms with Crippen molar-refractivity contribution in [1.29, 1.82) is 0 Å². The Kier molecular flexibility index (Phi) is 3.64. The summed E-state index contributed by atoms with van der Waals surface area (Å²) in [7, 11) is -2.91. The van der Waals surface area contributed by atoms with Crippen LogP contribution >= 0.6 is 0 Å². The zero-order valence-corrected chi connectivity index (χ0v) is 11.5. The minimum atomic E-state index is -2.91. The monoisotopic (exact) mass is 269 g/mol. The Bertz CT molecular complexity index is 537. The summed E-state index contributed by atoms with van der Waals surface area (Å²) < 4.78 is 28.6. The Balaban J connectivity index is 2.19.